The Kier molecular flexibility index (Phi) is 2.11. The van der Waals surface area contributed by atoms with Crippen LogP contribution < -0.4 is 11.5 Å². The Hall–Kier alpha value is -0.910. The summed E-state index contributed by atoms with van der Waals surface area (Å²) in [6, 6.07) is 1.04. The molecule has 3 rings (SSSR count). The maximum absolute atomic E-state index is 11.5. The average Bonchev–Trinajstić information content (AvgIpc) is 2.64. The summed E-state index contributed by atoms with van der Waals surface area (Å²) in [6.07, 6.45) is 3.43. The van der Waals surface area contributed by atoms with Crippen LogP contribution >= 0.6 is 11.3 Å². The van der Waals surface area contributed by atoms with Crippen molar-refractivity contribution in [3.63, 3.8) is 0 Å². The maximum Gasteiger partial charge on any atom is 0.256 e. The van der Waals surface area contributed by atoms with Crippen LogP contribution in [0.3, 0.4) is 0 Å². The van der Waals surface area contributed by atoms with Gasteiger partial charge in [0.05, 0.1) is 0 Å². The van der Waals surface area contributed by atoms with E-state index in [0.717, 1.165) is 17.8 Å². The summed E-state index contributed by atoms with van der Waals surface area (Å²) >= 11 is 1.66. The molecule has 4 nitrogen and oxygen atoms in total. The molecule has 16 heavy (non-hydrogen) atoms. The summed E-state index contributed by atoms with van der Waals surface area (Å²) < 4.78 is 0. The molecule has 2 aliphatic rings. The predicted molar refractivity (Wildman–Crippen MR) is 62.6 cm³/mol. The van der Waals surface area contributed by atoms with E-state index in [-0.39, 0.29) is 5.91 Å². The van der Waals surface area contributed by atoms with Gasteiger partial charge in [-0.2, -0.15) is 0 Å². The Morgan fingerprint density at radius 3 is 3.00 bits per heavy atom. The number of hydrogen-bond acceptors (Lipinski definition) is 3. The number of hydrogen-bond donors (Lipinski definition) is 2. The van der Waals surface area contributed by atoms with Gasteiger partial charge in [-0.25, -0.2) is 0 Å². The van der Waals surface area contributed by atoms with Crippen LogP contribution in [0.5, 0.6) is 0 Å². The number of carbonyl (C=O) groups excluding carboxylic acids is 1. The number of carbonyl (C=O) groups is 1. The lowest BCUT2D eigenvalue weighted by Crippen LogP contribution is -2.41. The number of likely N-dealkylation sites (N-methyl/N-ethyl adjacent to an activating group) is 1. The van der Waals surface area contributed by atoms with E-state index in [1.807, 2.05) is 0 Å². The Balaban J connectivity index is 2.19. The average molecular weight is 238 g/mol. The number of primary amides is 1. The van der Waals surface area contributed by atoms with Crippen LogP contribution in [0.15, 0.2) is 0 Å². The lowest BCUT2D eigenvalue weighted by atomic mass is 9.97. The third-order valence-corrected chi connectivity index (χ3v) is 5.02. The van der Waals surface area contributed by atoms with Crippen molar-refractivity contribution < 1.29 is 10.5 Å². The van der Waals surface area contributed by atoms with Crippen molar-refractivity contribution in [1.82, 2.24) is 4.90 Å². The Labute approximate surface area is 98.2 Å². The van der Waals surface area contributed by atoms with E-state index < -0.39 is 0 Å². The lowest BCUT2D eigenvalue weighted by Gasteiger charge is -2.31. The SMILES string of the molecule is CN1C2CCC1c1c(sc([NH3+])c1C(N)=O)C2. The molecular weight excluding hydrogens is 222 g/mol. The summed E-state index contributed by atoms with van der Waals surface area (Å²) in [5, 5.41) is 0.846. The van der Waals surface area contributed by atoms with Crippen LogP contribution in [0, 0.1) is 0 Å². The van der Waals surface area contributed by atoms with Crippen LogP contribution in [-0.2, 0) is 6.42 Å². The summed E-state index contributed by atoms with van der Waals surface area (Å²) in [4.78, 5) is 15.2. The van der Waals surface area contributed by atoms with Crippen molar-refractivity contribution in [2.45, 2.75) is 31.3 Å². The quantitative estimate of drug-likeness (QED) is 0.743. The number of amides is 1. The van der Waals surface area contributed by atoms with Crippen LogP contribution in [0.4, 0.5) is 5.00 Å². The third kappa shape index (κ3) is 1.19. The molecule has 5 N–H and O–H groups in total. The molecule has 86 valence electrons. The lowest BCUT2D eigenvalue weighted by molar-refractivity contribution is -0.249. The first-order chi connectivity index (χ1) is 7.59. The molecule has 0 spiro atoms. The van der Waals surface area contributed by atoms with E-state index in [4.69, 9.17) is 5.73 Å². The van der Waals surface area contributed by atoms with Gasteiger partial charge in [0.25, 0.3) is 5.91 Å². The van der Waals surface area contributed by atoms with Crippen LogP contribution in [-0.4, -0.2) is 23.9 Å². The number of rotatable bonds is 1. The van der Waals surface area contributed by atoms with E-state index in [1.54, 1.807) is 11.3 Å². The standard InChI is InChI=1S/C11H15N3OS/c1-14-5-2-3-6(14)8-7(4-5)16-11(13)9(8)10(12)15/h5-6H,2-4,13H2,1H3,(H2,12,15)/p+1. The van der Waals surface area contributed by atoms with Gasteiger partial charge in [-0.15, -0.1) is 0 Å². The third-order valence-electron chi connectivity index (χ3n) is 3.94. The van der Waals surface area contributed by atoms with Crippen LogP contribution in [0.25, 0.3) is 0 Å². The molecule has 5 heteroatoms. The molecule has 0 aliphatic carbocycles. The molecule has 2 aliphatic heterocycles. The minimum atomic E-state index is -0.318. The van der Waals surface area contributed by atoms with Crippen molar-refractivity contribution in [3.8, 4) is 0 Å². The summed E-state index contributed by atoms with van der Waals surface area (Å²) in [7, 11) is 2.15. The molecule has 2 atom stereocenters. The molecule has 1 saturated heterocycles. The van der Waals surface area contributed by atoms with Crippen molar-refractivity contribution in [2.24, 2.45) is 5.73 Å². The smallest absolute Gasteiger partial charge is 0.256 e. The Morgan fingerprint density at radius 2 is 2.31 bits per heavy atom. The van der Waals surface area contributed by atoms with Gasteiger partial charge in [0, 0.05) is 22.5 Å². The number of fused-ring (bicyclic) bond motifs is 4. The normalized spacial score (nSPS) is 28.1. The van der Waals surface area contributed by atoms with Crippen LogP contribution in [0.2, 0.25) is 0 Å². The highest BCUT2D eigenvalue weighted by Gasteiger charge is 2.42. The fourth-order valence-corrected chi connectivity index (χ4v) is 4.37. The van der Waals surface area contributed by atoms with Crippen molar-refractivity contribution in [3.05, 3.63) is 16.0 Å². The largest absolute Gasteiger partial charge is 0.365 e. The zero-order valence-corrected chi connectivity index (χ0v) is 10.1. The van der Waals surface area contributed by atoms with Gasteiger partial charge < -0.3 is 11.5 Å². The molecule has 0 saturated carbocycles. The predicted octanol–water partition coefficient (Wildman–Crippen LogP) is 0.412. The summed E-state index contributed by atoms with van der Waals surface area (Å²) in [5.74, 6) is -0.318. The minimum absolute atomic E-state index is 0.318. The van der Waals surface area contributed by atoms with E-state index in [1.165, 1.54) is 16.9 Å². The minimum Gasteiger partial charge on any atom is -0.365 e. The topological polar surface area (TPSA) is 74.0 Å². The second-order valence-electron chi connectivity index (χ2n) is 4.72. The molecule has 2 unspecified atom stereocenters. The van der Waals surface area contributed by atoms with Crippen molar-refractivity contribution >= 4 is 22.2 Å². The first kappa shape index (κ1) is 10.3. The monoisotopic (exact) mass is 238 g/mol. The molecule has 1 aromatic rings. The van der Waals surface area contributed by atoms with Crippen LogP contribution in [0.1, 0.15) is 39.7 Å². The zero-order valence-electron chi connectivity index (χ0n) is 9.32. The van der Waals surface area contributed by atoms with Gasteiger partial charge >= 0.3 is 0 Å². The Morgan fingerprint density at radius 1 is 1.56 bits per heavy atom. The molecule has 0 radical (unpaired) electrons. The van der Waals surface area contributed by atoms with Gasteiger partial charge in [-0.1, -0.05) is 11.3 Å². The van der Waals surface area contributed by atoms with Crippen molar-refractivity contribution in [1.29, 1.82) is 0 Å². The molecule has 3 heterocycles. The fourth-order valence-electron chi connectivity index (χ4n) is 3.14. The maximum atomic E-state index is 11.5. The van der Waals surface area contributed by atoms with Gasteiger partial charge in [-0.3, -0.25) is 9.69 Å². The van der Waals surface area contributed by atoms with E-state index in [9.17, 15) is 4.79 Å². The second-order valence-corrected chi connectivity index (χ2v) is 5.91. The van der Waals surface area contributed by atoms with Gasteiger partial charge in [0.1, 0.15) is 5.56 Å². The summed E-state index contributed by atoms with van der Waals surface area (Å²) in [5.41, 5.74) is 11.3. The molecule has 1 amide bonds. The van der Waals surface area contributed by atoms with Gasteiger partial charge in [0.15, 0.2) is 5.00 Å². The number of quaternary nitrogens is 1. The summed E-state index contributed by atoms with van der Waals surface area (Å²) in [6.45, 7) is 0. The first-order valence-corrected chi connectivity index (χ1v) is 6.40. The van der Waals surface area contributed by atoms with Crippen molar-refractivity contribution in [2.75, 3.05) is 7.05 Å². The number of nitrogens with zero attached hydrogens (tertiary/aromatic N) is 1. The highest BCUT2D eigenvalue weighted by molar-refractivity contribution is 7.15. The second kappa shape index (κ2) is 3.29. The first-order valence-electron chi connectivity index (χ1n) is 5.59. The zero-order chi connectivity index (χ0) is 11.4. The highest BCUT2D eigenvalue weighted by Crippen LogP contribution is 2.48. The number of thiophene rings is 1. The molecule has 2 bridgehead atoms. The fraction of sp³-hybridized carbons (Fsp3) is 0.545. The number of nitrogens with two attached hydrogens (primary N) is 1. The highest BCUT2D eigenvalue weighted by atomic mass is 32.1. The Bertz CT molecular complexity index is 468. The molecule has 0 aromatic carbocycles. The van der Waals surface area contributed by atoms with Gasteiger partial charge in [0.2, 0.25) is 0 Å². The van der Waals surface area contributed by atoms with E-state index in [0.29, 0.717) is 17.6 Å². The molecular formula is C11H16N3OS+. The van der Waals surface area contributed by atoms with Gasteiger partial charge in [-0.05, 0) is 26.3 Å². The van der Waals surface area contributed by atoms with E-state index >= 15 is 0 Å². The van der Waals surface area contributed by atoms with E-state index in [2.05, 4.69) is 17.7 Å². The molecule has 1 fully saturated rings. The molecule has 1 aromatic heterocycles.